The van der Waals surface area contributed by atoms with Crippen LogP contribution in [0.1, 0.15) is 24.8 Å². The van der Waals surface area contributed by atoms with Crippen molar-refractivity contribution in [1.82, 2.24) is 19.6 Å². The van der Waals surface area contributed by atoms with Crippen molar-refractivity contribution in [2.45, 2.75) is 32.2 Å². The van der Waals surface area contributed by atoms with Crippen LogP contribution in [0.5, 0.6) is 0 Å². The first-order valence-corrected chi connectivity index (χ1v) is 5.76. The van der Waals surface area contributed by atoms with Gasteiger partial charge in [0.25, 0.3) is 5.78 Å². The van der Waals surface area contributed by atoms with E-state index in [2.05, 4.69) is 20.4 Å². The zero-order valence-electron chi connectivity index (χ0n) is 8.94. The number of hydrogen-bond acceptors (Lipinski definition) is 4. The number of hydrogen-bond donors (Lipinski definition) is 1. The Hall–Kier alpha value is -1.36. The van der Waals surface area contributed by atoms with Gasteiger partial charge in [-0.15, -0.1) is 0 Å². The molecule has 0 unspecified atom stereocenters. The lowest BCUT2D eigenvalue weighted by molar-refractivity contribution is 0.443. The van der Waals surface area contributed by atoms with Gasteiger partial charge in [-0.3, -0.25) is 0 Å². The molecule has 16 heavy (non-hydrogen) atoms. The van der Waals surface area contributed by atoms with Crippen molar-refractivity contribution in [1.29, 1.82) is 0 Å². The molecule has 2 aromatic heterocycles. The van der Waals surface area contributed by atoms with Crippen LogP contribution < -0.4 is 5.32 Å². The van der Waals surface area contributed by atoms with Crippen molar-refractivity contribution < 1.29 is 0 Å². The Labute approximate surface area is 97.8 Å². The van der Waals surface area contributed by atoms with E-state index in [-0.39, 0.29) is 0 Å². The zero-order chi connectivity index (χ0) is 11.1. The van der Waals surface area contributed by atoms with Gasteiger partial charge in [-0.2, -0.15) is 19.6 Å². The molecule has 1 aliphatic carbocycles. The van der Waals surface area contributed by atoms with Gasteiger partial charge < -0.3 is 5.32 Å². The largest absolute Gasteiger partial charge is 0.367 e. The van der Waals surface area contributed by atoms with E-state index < -0.39 is 0 Å². The molecule has 1 saturated carbocycles. The van der Waals surface area contributed by atoms with Crippen LogP contribution in [0, 0.1) is 6.92 Å². The lowest BCUT2D eigenvalue weighted by Crippen LogP contribution is -2.28. The molecule has 0 aromatic carbocycles. The Morgan fingerprint density at radius 1 is 1.50 bits per heavy atom. The van der Waals surface area contributed by atoms with Crippen molar-refractivity contribution in [3.05, 3.63) is 17.0 Å². The van der Waals surface area contributed by atoms with Crippen LogP contribution in [0.2, 0.25) is 5.15 Å². The van der Waals surface area contributed by atoms with Crippen molar-refractivity contribution in [2.75, 3.05) is 5.32 Å². The van der Waals surface area contributed by atoms with Crippen LogP contribution in [-0.2, 0) is 0 Å². The molecule has 2 aromatic rings. The third-order valence-electron chi connectivity index (χ3n) is 3.05. The predicted octanol–water partition coefficient (Wildman–Crippen LogP) is 2.05. The smallest absolute Gasteiger partial charge is 0.255 e. The maximum Gasteiger partial charge on any atom is 0.255 e. The second-order valence-electron chi connectivity index (χ2n) is 4.12. The van der Waals surface area contributed by atoms with Gasteiger partial charge in [0.2, 0.25) is 0 Å². The predicted molar refractivity (Wildman–Crippen MR) is 61.8 cm³/mol. The second kappa shape index (κ2) is 3.59. The summed E-state index contributed by atoms with van der Waals surface area (Å²) in [4.78, 5) is 8.21. The van der Waals surface area contributed by atoms with Crippen molar-refractivity contribution in [3.63, 3.8) is 0 Å². The molecule has 84 valence electrons. The first kappa shape index (κ1) is 9.84. The van der Waals surface area contributed by atoms with E-state index in [4.69, 9.17) is 11.6 Å². The third-order valence-corrected chi connectivity index (χ3v) is 3.42. The summed E-state index contributed by atoms with van der Waals surface area (Å²) in [6, 6.07) is 0.532. The van der Waals surface area contributed by atoms with Crippen LogP contribution in [0.4, 0.5) is 5.82 Å². The number of aromatic nitrogens is 4. The molecule has 0 atom stereocenters. The molecule has 2 heterocycles. The molecular formula is C10H12ClN5. The molecule has 0 radical (unpaired) electrons. The lowest BCUT2D eigenvalue weighted by atomic mass is 9.93. The Morgan fingerprint density at radius 2 is 2.31 bits per heavy atom. The van der Waals surface area contributed by atoms with Crippen LogP contribution in [0.3, 0.4) is 0 Å². The fourth-order valence-electron chi connectivity index (χ4n) is 1.81. The third kappa shape index (κ3) is 1.43. The van der Waals surface area contributed by atoms with Gasteiger partial charge in [-0.05, 0) is 26.2 Å². The van der Waals surface area contributed by atoms with Crippen LogP contribution >= 0.6 is 11.6 Å². The fraction of sp³-hybridized carbons (Fsp3) is 0.500. The molecule has 1 N–H and O–H groups in total. The summed E-state index contributed by atoms with van der Waals surface area (Å²) in [7, 11) is 0. The van der Waals surface area contributed by atoms with Gasteiger partial charge in [-0.1, -0.05) is 11.6 Å². The first-order chi connectivity index (χ1) is 7.75. The summed E-state index contributed by atoms with van der Waals surface area (Å²) >= 11 is 6.06. The molecule has 0 aliphatic heterocycles. The summed E-state index contributed by atoms with van der Waals surface area (Å²) in [5.74, 6) is 1.45. The van der Waals surface area contributed by atoms with Gasteiger partial charge in [0.15, 0.2) is 0 Å². The highest BCUT2D eigenvalue weighted by atomic mass is 35.5. The highest BCUT2D eigenvalue weighted by Crippen LogP contribution is 2.27. The van der Waals surface area contributed by atoms with Crippen LogP contribution in [0.25, 0.3) is 5.78 Å². The zero-order valence-corrected chi connectivity index (χ0v) is 9.70. The Morgan fingerprint density at radius 3 is 3.00 bits per heavy atom. The molecule has 0 spiro atoms. The van der Waals surface area contributed by atoms with Gasteiger partial charge in [0, 0.05) is 11.6 Å². The minimum Gasteiger partial charge on any atom is -0.367 e. The minimum atomic E-state index is 0.488. The normalized spacial score (nSPS) is 16.4. The van der Waals surface area contributed by atoms with Gasteiger partial charge in [-0.25, -0.2) is 0 Å². The Kier molecular flexibility index (Phi) is 2.21. The van der Waals surface area contributed by atoms with Gasteiger partial charge >= 0.3 is 0 Å². The minimum absolute atomic E-state index is 0.488. The SMILES string of the molecule is Cc1c(Cl)nc2ncnn2c1NC1CCC1. The van der Waals surface area contributed by atoms with E-state index in [1.165, 1.54) is 25.6 Å². The molecule has 5 nitrogen and oxygen atoms in total. The standard InChI is InChI=1S/C10H12ClN5/c1-6-8(11)15-10-12-5-13-16(10)9(6)14-7-3-2-4-7/h5,7,14H,2-4H2,1H3. The molecule has 0 bridgehead atoms. The number of nitrogens with one attached hydrogen (secondary N) is 1. The summed E-state index contributed by atoms with van der Waals surface area (Å²) in [5, 5.41) is 8.09. The van der Waals surface area contributed by atoms with E-state index in [0.29, 0.717) is 17.0 Å². The van der Waals surface area contributed by atoms with Gasteiger partial charge in [0.05, 0.1) is 0 Å². The summed E-state index contributed by atoms with van der Waals surface area (Å²) in [6.07, 6.45) is 5.19. The number of fused-ring (bicyclic) bond motifs is 1. The first-order valence-electron chi connectivity index (χ1n) is 5.38. The number of anilines is 1. The molecule has 1 fully saturated rings. The van der Waals surface area contributed by atoms with Crippen LogP contribution in [0.15, 0.2) is 6.33 Å². The molecule has 0 saturated heterocycles. The van der Waals surface area contributed by atoms with Crippen LogP contribution in [-0.4, -0.2) is 25.6 Å². The van der Waals surface area contributed by atoms with E-state index in [9.17, 15) is 0 Å². The average molecular weight is 238 g/mol. The number of nitrogens with zero attached hydrogens (tertiary/aromatic N) is 4. The molecule has 3 rings (SSSR count). The topological polar surface area (TPSA) is 55.1 Å². The second-order valence-corrected chi connectivity index (χ2v) is 4.48. The van der Waals surface area contributed by atoms with Crippen molar-refractivity contribution in [3.8, 4) is 0 Å². The van der Waals surface area contributed by atoms with E-state index >= 15 is 0 Å². The summed E-state index contributed by atoms with van der Waals surface area (Å²) in [5.41, 5.74) is 0.923. The number of halogens is 1. The van der Waals surface area contributed by atoms with E-state index in [1.54, 1.807) is 4.52 Å². The maximum atomic E-state index is 6.06. The Balaban J connectivity index is 2.10. The average Bonchev–Trinajstić information content (AvgIpc) is 2.63. The quantitative estimate of drug-likeness (QED) is 0.813. The summed E-state index contributed by atoms with van der Waals surface area (Å²) < 4.78 is 1.71. The highest BCUT2D eigenvalue weighted by molar-refractivity contribution is 6.30. The van der Waals surface area contributed by atoms with E-state index in [1.807, 2.05) is 6.92 Å². The maximum absolute atomic E-state index is 6.06. The summed E-state index contributed by atoms with van der Waals surface area (Å²) in [6.45, 7) is 1.94. The Bertz CT molecular complexity index is 531. The highest BCUT2D eigenvalue weighted by Gasteiger charge is 2.20. The monoisotopic (exact) mass is 237 g/mol. The van der Waals surface area contributed by atoms with Gasteiger partial charge in [0.1, 0.15) is 17.3 Å². The van der Waals surface area contributed by atoms with E-state index in [0.717, 1.165) is 11.4 Å². The molecule has 6 heteroatoms. The fourth-order valence-corrected chi connectivity index (χ4v) is 1.98. The van der Waals surface area contributed by atoms with Crippen molar-refractivity contribution in [2.24, 2.45) is 0 Å². The molecule has 0 amide bonds. The molecule has 1 aliphatic rings. The molecular weight excluding hydrogens is 226 g/mol. The lowest BCUT2D eigenvalue weighted by Gasteiger charge is -2.28. The number of rotatable bonds is 2. The van der Waals surface area contributed by atoms with Crippen molar-refractivity contribution >= 4 is 23.2 Å².